The third-order valence-corrected chi connectivity index (χ3v) is 4.23. The van der Waals surface area contributed by atoms with E-state index in [1.807, 2.05) is 0 Å². The van der Waals surface area contributed by atoms with E-state index in [0.717, 1.165) is 0 Å². The molecule has 4 N–H and O–H groups in total. The Morgan fingerprint density at radius 2 is 2.15 bits per heavy atom. The molecule has 0 aliphatic rings. The maximum absolute atomic E-state index is 11.5. The van der Waals surface area contributed by atoms with Crippen molar-refractivity contribution in [1.29, 1.82) is 0 Å². The van der Waals surface area contributed by atoms with Crippen LogP contribution in [0.1, 0.15) is 12.5 Å². The Bertz CT molecular complexity index is 573. The van der Waals surface area contributed by atoms with Crippen molar-refractivity contribution in [2.75, 3.05) is 31.3 Å². The van der Waals surface area contributed by atoms with E-state index in [1.165, 1.54) is 0 Å². The fraction of sp³-hybridized carbons (Fsp3) is 0.417. The van der Waals surface area contributed by atoms with E-state index in [0.29, 0.717) is 23.5 Å². The molecule has 0 atom stereocenters. The van der Waals surface area contributed by atoms with Crippen LogP contribution >= 0.6 is 12.2 Å². The normalized spacial score (nSPS) is 11.1. The van der Waals surface area contributed by atoms with Gasteiger partial charge in [0.05, 0.1) is 12.9 Å². The first kappa shape index (κ1) is 16.7. The molecule has 0 fully saturated rings. The average Bonchev–Trinajstić information content (AvgIpc) is 2.37. The van der Waals surface area contributed by atoms with Crippen molar-refractivity contribution in [2.45, 2.75) is 6.92 Å². The Morgan fingerprint density at radius 3 is 2.70 bits per heavy atom. The summed E-state index contributed by atoms with van der Waals surface area (Å²) in [6.07, 6.45) is 0. The summed E-state index contributed by atoms with van der Waals surface area (Å²) in [7, 11) is -1.71. The minimum Gasteiger partial charge on any atom is -0.497 e. The van der Waals surface area contributed by atoms with Crippen LogP contribution in [-0.4, -0.2) is 39.4 Å². The van der Waals surface area contributed by atoms with Gasteiger partial charge in [-0.2, -0.15) is 0 Å². The number of anilines is 1. The van der Waals surface area contributed by atoms with E-state index in [1.54, 1.807) is 32.2 Å². The second kappa shape index (κ2) is 7.41. The van der Waals surface area contributed by atoms with E-state index >= 15 is 0 Å². The molecule has 0 aliphatic heterocycles. The highest BCUT2D eigenvalue weighted by Crippen LogP contribution is 2.22. The van der Waals surface area contributed by atoms with E-state index in [4.69, 9.17) is 22.7 Å². The maximum atomic E-state index is 11.5. The monoisotopic (exact) mass is 317 g/mol. The third-order valence-electron chi connectivity index (χ3n) is 2.54. The SMILES string of the molecule is CCNS(=O)(=O)CCNc1cc(OC)ccc1C(N)=S. The van der Waals surface area contributed by atoms with Crippen molar-refractivity contribution < 1.29 is 13.2 Å². The lowest BCUT2D eigenvalue weighted by Gasteiger charge is -2.13. The van der Waals surface area contributed by atoms with Crippen LogP contribution in [0.4, 0.5) is 5.69 Å². The summed E-state index contributed by atoms with van der Waals surface area (Å²) in [5, 5.41) is 3.02. The van der Waals surface area contributed by atoms with Gasteiger partial charge in [-0.05, 0) is 12.1 Å². The zero-order chi connectivity index (χ0) is 15.2. The first-order valence-corrected chi connectivity index (χ1v) is 8.14. The number of hydrogen-bond donors (Lipinski definition) is 3. The fourth-order valence-electron chi connectivity index (χ4n) is 1.62. The maximum Gasteiger partial charge on any atom is 0.213 e. The molecule has 112 valence electrons. The number of methoxy groups -OCH3 is 1. The number of hydrogen-bond acceptors (Lipinski definition) is 5. The fourth-order valence-corrected chi connectivity index (χ4v) is 2.76. The number of nitrogens with two attached hydrogens (primary N) is 1. The van der Waals surface area contributed by atoms with Gasteiger partial charge in [0, 0.05) is 30.4 Å². The Kier molecular flexibility index (Phi) is 6.18. The summed E-state index contributed by atoms with van der Waals surface area (Å²) in [5.74, 6) is 0.608. The van der Waals surface area contributed by atoms with Crippen LogP contribution in [0.25, 0.3) is 0 Å². The van der Waals surface area contributed by atoms with Gasteiger partial charge in [0.25, 0.3) is 0 Å². The lowest BCUT2D eigenvalue weighted by molar-refractivity contribution is 0.415. The first-order chi connectivity index (χ1) is 9.39. The van der Waals surface area contributed by atoms with Gasteiger partial charge in [-0.3, -0.25) is 0 Å². The topological polar surface area (TPSA) is 93.5 Å². The van der Waals surface area contributed by atoms with Gasteiger partial charge < -0.3 is 15.8 Å². The zero-order valence-corrected chi connectivity index (χ0v) is 13.1. The van der Waals surface area contributed by atoms with Crippen LogP contribution in [0.5, 0.6) is 5.75 Å². The highest BCUT2D eigenvalue weighted by atomic mass is 32.2. The molecule has 0 saturated carbocycles. The summed E-state index contributed by atoms with van der Waals surface area (Å²) in [6, 6.07) is 5.21. The number of nitrogens with one attached hydrogen (secondary N) is 2. The Hall–Kier alpha value is -1.38. The molecule has 0 amide bonds. The lowest BCUT2D eigenvalue weighted by Crippen LogP contribution is -2.29. The van der Waals surface area contributed by atoms with Gasteiger partial charge in [0.15, 0.2) is 0 Å². The summed E-state index contributed by atoms with van der Waals surface area (Å²) in [4.78, 5) is 0.240. The minimum absolute atomic E-state index is 0.0329. The number of rotatable bonds is 8. The van der Waals surface area contributed by atoms with E-state index in [-0.39, 0.29) is 17.3 Å². The minimum atomic E-state index is -3.26. The molecule has 0 bridgehead atoms. The molecule has 0 saturated heterocycles. The van der Waals surface area contributed by atoms with Crippen LogP contribution in [-0.2, 0) is 10.0 Å². The molecule has 0 radical (unpaired) electrons. The molecular weight excluding hydrogens is 298 g/mol. The van der Waals surface area contributed by atoms with E-state index < -0.39 is 10.0 Å². The van der Waals surface area contributed by atoms with Crippen molar-refractivity contribution in [3.63, 3.8) is 0 Å². The molecule has 0 heterocycles. The molecule has 0 unspecified atom stereocenters. The van der Waals surface area contributed by atoms with Crippen LogP contribution in [0.15, 0.2) is 18.2 Å². The molecule has 1 aromatic carbocycles. The van der Waals surface area contributed by atoms with Crippen molar-refractivity contribution >= 4 is 32.9 Å². The second-order valence-corrected chi connectivity index (χ2v) is 6.39. The summed E-state index contributed by atoms with van der Waals surface area (Å²) in [5.41, 5.74) is 6.94. The van der Waals surface area contributed by atoms with E-state index in [9.17, 15) is 8.42 Å². The van der Waals surface area contributed by atoms with Gasteiger partial charge in [-0.15, -0.1) is 0 Å². The predicted molar refractivity (Wildman–Crippen MR) is 84.8 cm³/mol. The summed E-state index contributed by atoms with van der Waals surface area (Å²) < 4.78 is 30.6. The Balaban J connectivity index is 2.78. The van der Waals surface area contributed by atoms with Crippen molar-refractivity contribution in [1.82, 2.24) is 4.72 Å². The number of sulfonamides is 1. The van der Waals surface area contributed by atoms with Crippen LogP contribution < -0.4 is 20.5 Å². The molecule has 1 aromatic rings. The molecule has 20 heavy (non-hydrogen) atoms. The molecular formula is C12H19N3O3S2. The largest absolute Gasteiger partial charge is 0.497 e. The zero-order valence-electron chi connectivity index (χ0n) is 11.5. The van der Waals surface area contributed by atoms with E-state index in [2.05, 4.69) is 10.0 Å². The van der Waals surface area contributed by atoms with Crippen molar-refractivity contribution in [3.8, 4) is 5.75 Å². The van der Waals surface area contributed by atoms with Gasteiger partial charge in [0.1, 0.15) is 10.7 Å². The molecule has 8 heteroatoms. The third kappa shape index (κ3) is 4.95. The molecule has 0 aromatic heterocycles. The van der Waals surface area contributed by atoms with Gasteiger partial charge >= 0.3 is 0 Å². The highest BCUT2D eigenvalue weighted by molar-refractivity contribution is 7.89. The first-order valence-electron chi connectivity index (χ1n) is 6.08. The van der Waals surface area contributed by atoms with Crippen molar-refractivity contribution in [3.05, 3.63) is 23.8 Å². The lowest BCUT2D eigenvalue weighted by atomic mass is 10.1. The van der Waals surface area contributed by atoms with Crippen LogP contribution in [0, 0.1) is 0 Å². The van der Waals surface area contributed by atoms with Crippen molar-refractivity contribution in [2.24, 2.45) is 5.73 Å². The molecule has 0 spiro atoms. The smallest absolute Gasteiger partial charge is 0.213 e. The van der Waals surface area contributed by atoms with Gasteiger partial charge in [-0.1, -0.05) is 19.1 Å². The standard InChI is InChI=1S/C12H19N3O3S2/c1-3-15-20(16,17)7-6-14-11-8-9(18-2)4-5-10(11)12(13)19/h4-5,8,14-15H,3,6-7H2,1-2H3,(H2,13,19). The second-order valence-electron chi connectivity index (χ2n) is 4.02. The Morgan fingerprint density at radius 1 is 1.45 bits per heavy atom. The quantitative estimate of drug-likeness (QED) is 0.611. The Labute approximate surface area is 124 Å². The van der Waals surface area contributed by atoms with Crippen LogP contribution in [0.3, 0.4) is 0 Å². The van der Waals surface area contributed by atoms with Crippen LogP contribution in [0.2, 0.25) is 0 Å². The predicted octanol–water partition coefficient (Wildman–Crippen LogP) is 0.681. The average molecular weight is 317 g/mol. The number of benzene rings is 1. The highest BCUT2D eigenvalue weighted by Gasteiger charge is 2.10. The molecule has 1 rings (SSSR count). The summed E-state index contributed by atoms with van der Waals surface area (Å²) in [6.45, 7) is 2.36. The molecule has 6 nitrogen and oxygen atoms in total. The summed E-state index contributed by atoms with van der Waals surface area (Å²) >= 11 is 4.96. The number of ether oxygens (including phenoxy) is 1. The van der Waals surface area contributed by atoms with Gasteiger partial charge in [0.2, 0.25) is 10.0 Å². The van der Waals surface area contributed by atoms with Gasteiger partial charge in [-0.25, -0.2) is 13.1 Å². The number of thiocarbonyl (C=S) groups is 1. The molecule has 0 aliphatic carbocycles.